The number of nitrogens with two attached hydrogens (primary N) is 1. The topological polar surface area (TPSA) is 64.9 Å². The van der Waals surface area contributed by atoms with Crippen molar-refractivity contribution in [3.05, 3.63) is 11.7 Å². The van der Waals surface area contributed by atoms with Crippen molar-refractivity contribution in [2.24, 2.45) is 17.1 Å². The molecule has 4 nitrogen and oxygen atoms in total. The number of aromatic nitrogens is 2. The van der Waals surface area contributed by atoms with Crippen molar-refractivity contribution in [2.75, 3.05) is 6.54 Å². The highest BCUT2D eigenvalue weighted by molar-refractivity contribution is 5.02. The molecule has 1 heterocycles. The van der Waals surface area contributed by atoms with Gasteiger partial charge in [0.2, 0.25) is 5.89 Å². The van der Waals surface area contributed by atoms with Crippen LogP contribution in [-0.2, 0) is 6.42 Å². The summed E-state index contributed by atoms with van der Waals surface area (Å²) < 4.78 is 5.46. The molecule has 2 atom stereocenters. The number of hydrogen-bond donors (Lipinski definition) is 1. The van der Waals surface area contributed by atoms with Gasteiger partial charge in [0.05, 0.1) is 0 Å². The van der Waals surface area contributed by atoms with Crippen LogP contribution in [0.1, 0.15) is 69.5 Å². The summed E-state index contributed by atoms with van der Waals surface area (Å²) in [5, 5.41) is 4.22. The van der Waals surface area contributed by atoms with E-state index in [1.54, 1.807) is 0 Å². The van der Waals surface area contributed by atoms with Gasteiger partial charge >= 0.3 is 0 Å². The summed E-state index contributed by atoms with van der Waals surface area (Å²) in [5.41, 5.74) is 6.15. The maximum absolute atomic E-state index is 5.89. The molecular weight excluding hydrogens is 238 g/mol. The molecule has 2 unspecified atom stereocenters. The molecule has 0 amide bonds. The maximum atomic E-state index is 5.89. The summed E-state index contributed by atoms with van der Waals surface area (Å²) >= 11 is 0. The smallest absolute Gasteiger partial charge is 0.227 e. The zero-order chi connectivity index (χ0) is 13.3. The Morgan fingerprint density at radius 2 is 2.21 bits per heavy atom. The highest BCUT2D eigenvalue weighted by atomic mass is 16.5. The second-order valence-corrected chi connectivity index (χ2v) is 6.57. The van der Waals surface area contributed by atoms with Gasteiger partial charge in [-0.2, -0.15) is 4.98 Å². The van der Waals surface area contributed by atoms with Crippen LogP contribution in [0.2, 0.25) is 0 Å². The molecule has 2 N–H and O–H groups in total. The first kappa shape index (κ1) is 13.1. The minimum atomic E-state index is 0.255. The predicted molar refractivity (Wildman–Crippen MR) is 73.7 cm³/mol. The quantitative estimate of drug-likeness (QED) is 0.886. The van der Waals surface area contributed by atoms with Gasteiger partial charge in [-0.25, -0.2) is 0 Å². The summed E-state index contributed by atoms with van der Waals surface area (Å²) in [4.78, 5) is 4.64. The van der Waals surface area contributed by atoms with Crippen LogP contribution in [0.15, 0.2) is 4.52 Å². The minimum absolute atomic E-state index is 0.255. The Morgan fingerprint density at radius 3 is 2.79 bits per heavy atom. The number of rotatable bonds is 5. The summed E-state index contributed by atoms with van der Waals surface area (Å²) in [6, 6.07) is 0. The Labute approximate surface area is 115 Å². The van der Waals surface area contributed by atoms with Crippen LogP contribution in [0.3, 0.4) is 0 Å². The van der Waals surface area contributed by atoms with Gasteiger partial charge in [0.15, 0.2) is 5.82 Å². The fourth-order valence-corrected chi connectivity index (χ4v) is 3.64. The van der Waals surface area contributed by atoms with Gasteiger partial charge in [-0.1, -0.05) is 24.9 Å². The zero-order valence-electron chi connectivity index (χ0n) is 11.9. The van der Waals surface area contributed by atoms with Crippen molar-refractivity contribution in [3.8, 4) is 0 Å². The van der Waals surface area contributed by atoms with Gasteiger partial charge in [-0.15, -0.1) is 0 Å². The molecule has 1 aromatic heterocycles. The molecular formula is C15H25N3O. The highest BCUT2D eigenvalue weighted by Gasteiger charge is 2.38. The molecule has 0 radical (unpaired) electrons. The summed E-state index contributed by atoms with van der Waals surface area (Å²) in [6.07, 6.45) is 9.64. The van der Waals surface area contributed by atoms with Gasteiger partial charge in [0.1, 0.15) is 0 Å². The van der Waals surface area contributed by atoms with Crippen LogP contribution in [0.5, 0.6) is 0 Å². The van der Waals surface area contributed by atoms with Crippen molar-refractivity contribution in [1.29, 1.82) is 0 Å². The largest absolute Gasteiger partial charge is 0.339 e. The SMILES string of the molecule is CCC1CCC(c2noc(CC3(CN)CCC3)n2)C1. The van der Waals surface area contributed by atoms with E-state index < -0.39 is 0 Å². The van der Waals surface area contributed by atoms with E-state index in [4.69, 9.17) is 10.3 Å². The molecule has 2 aliphatic rings. The highest BCUT2D eigenvalue weighted by Crippen LogP contribution is 2.43. The number of hydrogen-bond acceptors (Lipinski definition) is 4. The molecule has 0 aromatic carbocycles. The number of nitrogens with zero attached hydrogens (tertiary/aromatic N) is 2. The lowest BCUT2D eigenvalue weighted by molar-refractivity contribution is 0.129. The molecule has 2 fully saturated rings. The van der Waals surface area contributed by atoms with Crippen LogP contribution in [-0.4, -0.2) is 16.7 Å². The average molecular weight is 263 g/mol. The van der Waals surface area contributed by atoms with E-state index in [9.17, 15) is 0 Å². The fourth-order valence-electron chi connectivity index (χ4n) is 3.64. The maximum Gasteiger partial charge on any atom is 0.227 e. The van der Waals surface area contributed by atoms with E-state index in [1.807, 2.05) is 0 Å². The molecule has 0 aliphatic heterocycles. The third kappa shape index (κ3) is 2.55. The Hall–Kier alpha value is -0.900. The van der Waals surface area contributed by atoms with Crippen LogP contribution in [0.4, 0.5) is 0 Å². The molecule has 2 saturated carbocycles. The van der Waals surface area contributed by atoms with Crippen molar-refractivity contribution >= 4 is 0 Å². The molecule has 106 valence electrons. The summed E-state index contributed by atoms with van der Waals surface area (Å²) in [6.45, 7) is 3.02. The summed E-state index contributed by atoms with van der Waals surface area (Å²) in [5.74, 6) is 3.13. The fraction of sp³-hybridized carbons (Fsp3) is 0.867. The molecule has 1 aromatic rings. The van der Waals surface area contributed by atoms with Crippen molar-refractivity contribution in [2.45, 2.75) is 64.2 Å². The Morgan fingerprint density at radius 1 is 1.37 bits per heavy atom. The molecule has 3 rings (SSSR count). The van der Waals surface area contributed by atoms with Gasteiger partial charge in [0.25, 0.3) is 0 Å². The van der Waals surface area contributed by atoms with Crippen LogP contribution in [0, 0.1) is 11.3 Å². The van der Waals surface area contributed by atoms with Gasteiger partial charge in [-0.05, 0) is 50.0 Å². The van der Waals surface area contributed by atoms with Crippen LogP contribution >= 0.6 is 0 Å². The van der Waals surface area contributed by atoms with E-state index in [1.165, 1.54) is 44.9 Å². The molecule has 2 aliphatic carbocycles. The molecule has 0 saturated heterocycles. The Kier molecular flexibility index (Phi) is 3.61. The van der Waals surface area contributed by atoms with Crippen molar-refractivity contribution in [1.82, 2.24) is 10.1 Å². The first-order chi connectivity index (χ1) is 9.24. The molecule has 0 bridgehead atoms. The van der Waals surface area contributed by atoms with Crippen molar-refractivity contribution < 1.29 is 4.52 Å². The van der Waals surface area contributed by atoms with Gasteiger partial charge in [0, 0.05) is 12.3 Å². The Balaban J connectivity index is 1.63. The van der Waals surface area contributed by atoms with Gasteiger partial charge < -0.3 is 10.3 Å². The first-order valence-electron chi connectivity index (χ1n) is 7.77. The summed E-state index contributed by atoms with van der Waals surface area (Å²) in [7, 11) is 0. The second kappa shape index (κ2) is 5.23. The molecule has 0 spiro atoms. The molecule has 19 heavy (non-hydrogen) atoms. The van der Waals surface area contributed by atoms with Crippen LogP contribution in [0.25, 0.3) is 0 Å². The van der Waals surface area contributed by atoms with E-state index in [0.717, 1.165) is 30.6 Å². The predicted octanol–water partition coefficient (Wildman–Crippen LogP) is 3.03. The van der Waals surface area contributed by atoms with Crippen molar-refractivity contribution in [3.63, 3.8) is 0 Å². The standard InChI is InChI=1S/C15H25N3O/c1-2-11-4-5-12(8-11)14-17-13(19-18-14)9-15(10-16)6-3-7-15/h11-12H,2-10,16H2,1H3. The van der Waals surface area contributed by atoms with Crippen LogP contribution < -0.4 is 5.73 Å². The monoisotopic (exact) mass is 263 g/mol. The average Bonchev–Trinajstić information content (AvgIpc) is 3.02. The lowest BCUT2D eigenvalue weighted by Crippen LogP contribution is -2.39. The first-order valence-corrected chi connectivity index (χ1v) is 7.77. The van der Waals surface area contributed by atoms with E-state index >= 15 is 0 Å². The lowest BCUT2D eigenvalue weighted by atomic mass is 9.67. The third-order valence-electron chi connectivity index (χ3n) is 5.34. The molecule has 4 heteroatoms. The zero-order valence-corrected chi connectivity index (χ0v) is 11.9. The normalized spacial score (nSPS) is 29.4. The lowest BCUT2D eigenvalue weighted by Gasteiger charge is -2.39. The van der Waals surface area contributed by atoms with E-state index in [2.05, 4.69) is 17.1 Å². The minimum Gasteiger partial charge on any atom is -0.339 e. The van der Waals surface area contributed by atoms with E-state index in [0.29, 0.717) is 5.92 Å². The third-order valence-corrected chi connectivity index (χ3v) is 5.34. The van der Waals surface area contributed by atoms with E-state index in [-0.39, 0.29) is 5.41 Å². The van der Waals surface area contributed by atoms with Gasteiger partial charge in [-0.3, -0.25) is 0 Å². The Bertz CT molecular complexity index is 419. The second-order valence-electron chi connectivity index (χ2n) is 6.57.